The molecular weight excluding hydrogens is 348 g/mol. The van der Waals surface area contributed by atoms with Gasteiger partial charge in [-0.2, -0.15) is 0 Å². The van der Waals surface area contributed by atoms with Crippen LogP contribution in [0.2, 0.25) is 0 Å². The molecule has 0 radical (unpaired) electrons. The minimum absolute atomic E-state index is 0.172. The van der Waals surface area contributed by atoms with E-state index in [1.165, 1.54) is 26.2 Å². The monoisotopic (exact) mass is 370 g/mol. The van der Waals surface area contributed by atoms with Gasteiger partial charge in [0.05, 0.1) is 7.11 Å². The SMILES string of the molecule is COc1ccc([C@H]2O[C@H](COC(C)=O)[C@@H](OC(C)=O)[C@H](O)[C@@H]2O)cc1O. The summed E-state index contributed by atoms with van der Waals surface area (Å²) < 4.78 is 20.6. The molecular formula is C17H22O9. The number of phenols is 1. The highest BCUT2D eigenvalue weighted by Gasteiger charge is 2.47. The quantitative estimate of drug-likeness (QED) is 0.615. The zero-order valence-electron chi connectivity index (χ0n) is 14.6. The summed E-state index contributed by atoms with van der Waals surface area (Å²) in [5.41, 5.74) is 0.365. The molecule has 0 aliphatic carbocycles. The van der Waals surface area contributed by atoms with Crippen LogP contribution in [0.25, 0.3) is 0 Å². The summed E-state index contributed by atoms with van der Waals surface area (Å²) in [5.74, 6) is -1.20. The number of phenolic OH excluding ortho intramolecular Hbond substituents is 1. The van der Waals surface area contributed by atoms with Crippen LogP contribution in [0.1, 0.15) is 25.5 Å². The first-order chi connectivity index (χ1) is 12.2. The number of aliphatic hydroxyl groups is 2. The number of carbonyl (C=O) groups is 2. The summed E-state index contributed by atoms with van der Waals surface area (Å²) in [4.78, 5) is 22.4. The van der Waals surface area contributed by atoms with Crippen molar-refractivity contribution in [2.45, 2.75) is 44.4 Å². The molecule has 1 aromatic carbocycles. The van der Waals surface area contributed by atoms with Crippen molar-refractivity contribution in [3.63, 3.8) is 0 Å². The maximum absolute atomic E-state index is 11.3. The van der Waals surface area contributed by atoms with Crippen molar-refractivity contribution in [3.8, 4) is 11.5 Å². The summed E-state index contributed by atoms with van der Waals surface area (Å²) in [6, 6.07) is 4.36. The lowest BCUT2D eigenvalue weighted by Crippen LogP contribution is -2.57. The molecule has 5 atom stereocenters. The predicted octanol–water partition coefficient (Wildman–Crippen LogP) is 0.0573. The van der Waals surface area contributed by atoms with Crippen LogP contribution in [0.5, 0.6) is 11.5 Å². The van der Waals surface area contributed by atoms with Gasteiger partial charge in [0, 0.05) is 13.8 Å². The molecule has 9 heteroatoms. The second-order valence-corrected chi connectivity index (χ2v) is 5.88. The molecule has 0 spiro atoms. The third-order valence-electron chi connectivity index (χ3n) is 3.97. The van der Waals surface area contributed by atoms with Crippen LogP contribution in [-0.4, -0.2) is 65.4 Å². The van der Waals surface area contributed by atoms with E-state index in [2.05, 4.69) is 0 Å². The van der Waals surface area contributed by atoms with Crippen molar-refractivity contribution >= 4 is 11.9 Å². The fourth-order valence-electron chi connectivity index (χ4n) is 2.77. The van der Waals surface area contributed by atoms with Gasteiger partial charge in [-0.15, -0.1) is 0 Å². The van der Waals surface area contributed by atoms with Gasteiger partial charge in [-0.3, -0.25) is 9.59 Å². The van der Waals surface area contributed by atoms with Crippen molar-refractivity contribution in [2.75, 3.05) is 13.7 Å². The van der Waals surface area contributed by atoms with Crippen molar-refractivity contribution < 1.29 is 43.9 Å². The zero-order valence-corrected chi connectivity index (χ0v) is 14.6. The first-order valence-electron chi connectivity index (χ1n) is 7.93. The highest BCUT2D eigenvalue weighted by atomic mass is 16.6. The van der Waals surface area contributed by atoms with Crippen LogP contribution in [0.15, 0.2) is 18.2 Å². The molecule has 0 saturated carbocycles. The molecule has 0 amide bonds. The smallest absolute Gasteiger partial charge is 0.303 e. The Bertz CT molecular complexity index is 660. The van der Waals surface area contributed by atoms with E-state index < -0.39 is 42.5 Å². The van der Waals surface area contributed by atoms with E-state index in [0.29, 0.717) is 5.56 Å². The first-order valence-corrected chi connectivity index (χ1v) is 7.93. The molecule has 0 unspecified atom stereocenters. The summed E-state index contributed by atoms with van der Waals surface area (Å²) in [6.07, 6.45) is -6.20. The van der Waals surface area contributed by atoms with Gasteiger partial charge in [-0.25, -0.2) is 0 Å². The average molecular weight is 370 g/mol. The Balaban J connectivity index is 2.29. The van der Waals surface area contributed by atoms with Crippen LogP contribution in [0.4, 0.5) is 0 Å². The molecule has 1 saturated heterocycles. The minimum Gasteiger partial charge on any atom is -0.504 e. The average Bonchev–Trinajstić information content (AvgIpc) is 2.57. The van der Waals surface area contributed by atoms with Gasteiger partial charge in [0.15, 0.2) is 17.6 Å². The van der Waals surface area contributed by atoms with Gasteiger partial charge in [0.1, 0.15) is 31.0 Å². The molecule has 0 aromatic heterocycles. The molecule has 1 aliphatic rings. The minimum atomic E-state index is -1.48. The van der Waals surface area contributed by atoms with Crippen LogP contribution in [-0.2, 0) is 23.8 Å². The highest BCUT2D eigenvalue weighted by Crippen LogP contribution is 2.37. The first kappa shape index (κ1) is 20.0. The van der Waals surface area contributed by atoms with Crippen LogP contribution in [0.3, 0.4) is 0 Å². The van der Waals surface area contributed by atoms with E-state index in [1.807, 2.05) is 0 Å². The van der Waals surface area contributed by atoms with Crippen LogP contribution < -0.4 is 4.74 Å². The maximum Gasteiger partial charge on any atom is 0.303 e. The van der Waals surface area contributed by atoms with E-state index in [9.17, 15) is 24.9 Å². The number of hydrogen-bond donors (Lipinski definition) is 3. The second-order valence-electron chi connectivity index (χ2n) is 5.88. The van der Waals surface area contributed by atoms with Gasteiger partial charge >= 0.3 is 11.9 Å². The molecule has 9 nitrogen and oxygen atoms in total. The largest absolute Gasteiger partial charge is 0.504 e. The second kappa shape index (κ2) is 8.35. The van der Waals surface area contributed by atoms with E-state index in [4.69, 9.17) is 18.9 Å². The number of esters is 2. The number of carbonyl (C=O) groups excluding carboxylic acids is 2. The normalized spacial score (nSPS) is 28.3. The van der Waals surface area contributed by atoms with E-state index in [0.717, 1.165) is 6.92 Å². The Kier molecular flexibility index (Phi) is 6.41. The molecule has 1 aromatic rings. The van der Waals surface area contributed by atoms with Crippen molar-refractivity contribution in [2.24, 2.45) is 0 Å². The standard InChI is InChI=1S/C17H22O9/c1-8(18)24-7-13-17(25-9(2)19)15(22)14(21)16(26-13)10-4-5-12(23-3)11(20)6-10/h4-6,13-17,20-22H,7H2,1-3H3/t13-,14+,15-,16-,17-/m1/s1. The number of aromatic hydroxyl groups is 1. The van der Waals surface area contributed by atoms with Gasteiger partial charge in [0.2, 0.25) is 0 Å². The van der Waals surface area contributed by atoms with E-state index in [1.54, 1.807) is 6.07 Å². The Labute approximate surface area is 150 Å². The number of hydrogen-bond acceptors (Lipinski definition) is 9. The summed E-state index contributed by atoms with van der Waals surface area (Å²) in [6.45, 7) is 2.07. The third kappa shape index (κ3) is 4.43. The zero-order chi connectivity index (χ0) is 19.4. The number of ether oxygens (including phenoxy) is 4. The highest BCUT2D eigenvalue weighted by molar-refractivity contribution is 5.66. The predicted molar refractivity (Wildman–Crippen MR) is 86.5 cm³/mol. The van der Waals surface area contributed by atoms with E-state index in [-0.39, 0.29) is 18.1 Å². The summed E-state index contributed by atoms with van der Waals surface area (Å²) in [7, 11) is 1.39. The Hall–Kier alpha value is -2.36. The molecule has 1 fully saturated rings. The lowest BCUT2D eigenvalue weighted by atomic mass is 9.91. The summed E-state index contributed by atoms with van der Waals surface area (Å²) in [5, 5.41) is 30.7. The lowest BCUT2D eigenvalue weighted by molar-refractivity contribution is -0.242. The van der Waals surface area contributed by atoms with Crippen molar-refractivity contribution in [1.29, 1.82) is 0 Å². The van der Waals surface area contributed by atoms with Gasteiger partial charge in [-0.1, -0.05) is 6.07 Å². The molecule has 3 N–H and O–H groups in total. The van der Waals surface area contributed by atoms with Gasteiger partial charge in [0.25, 0.3) is 0 Å². The molecule has 26 heavy (non-hydrogen) atoms. The third-order valence-corrected chi connectivity index (χ3v) is 3.97. The molecule has 0 bridgehead atoms. The Morgan fingerprint density at radius 2 is 1.85 bits per heavy atom. The Morgan fingerprint density at radius 1 is 1.15 bits per heavy atom. The number of benzene rings is 1. The fourth-order valence-corrected chi connectivity index (χ4v) is 2.77. The van der Waals surface area contributed by atoms with Crippen LogP contribution >= 0.6 is 0 Å². The van der Waals surface area contributed by atoms with Gasteiger partial charge in [-0.05, 0) is 17.7 Å². The van der Waals surface area contributed by atoms with Gasteiger partial charge < -0.3 is 34.3 Å². The fraction of sp³-hybridized carbons (Fsp3) is 0.529. The van der Waals surface area contributed by atoms with Crippen LogP contribution in [0, 0.1) is 0 Å². The molecule has 1 heterocycles. The van der Waals surface area contributed by atoms with Crippen molar-refractivity contribution in [3.05, 3.63) is 23.8 Å². The van der Waals surface area contributed by atoms with Crippen molar-refractivity contribution in [1.82, 2.24) is 0 Å². The molecule has 1 aliphatic heterocycles. The van der Waals surface area contributed by atoms with E-state index >= 15 is 0 Å². The molecule has 144 valence electrons. The number of aliphatic hydroxyl groups excluding tert-OH is 2. The number of rotatable bonds is 5. The topological polar surface area (TPSA) is 132 Å². The molecule has 2 rings (SSSR count). The summed E-state index contributed by atoms with van der Waals surface area (Å²) >= 11 is 0. The Morgan fingerprint density at radius 3 is 2.38 bits per heavy atom. The number of methoxy groups -OCH3 is 1. The lowest BCUT2D eigenvalue weighted by Gasteiger charge is -2.42. The maximum atomic E-state index is 11.3.